The Hall–Kier alpha value is -1.87. The normalized spacial score (nSPS) is 20.3. The van der Waals surface area contributed by atoms with Crippen LogP contribution in [0.2, 0.25) is 0 Å². The molecular weight excluding hydrogens is 372 g/mol. The summed E-state index contributed by atoms with van der Waals surface area (Å²) in [6.07, 6.45) is 5.61. The summed E-state index contributed by atoms with van der Waals surface area (Å²) < 4.78 is 31.3. The SMILES string of the molecule is CC(CCC1CC1)NC(=O)C1CCN(S(=O)(=O)c2ccc(C(=O)O)o2)CC1. The molecule has 9 heteroatoms. The van der Waals surface area contributed by atoms with Crippen molar-refractivity contribution in [1.29, 1.82) is 0 Å². The van der Waals surface area contributed by atoms with Crippen molar-refractivity contribution in [3.05, 3.63) is 17.9 Å². The number of hydrogen-bond donors (Lipinski definition) is 2. The van der Waals surface area contributed by atoms with Gasteiger partial charge in [-0.2, -0.15) is 4.31 Å². The molecule has 150 valence electrons. The summed E-state index contributed by atoms with van der Waals surface area (Å²) in [4.78, 5) is 23.3. The van der Waals surface area contributed by atoms with Gasteiger partial charge >= 0.3 is 5.97 Å². The van der Waals surface area contributed by atoms with E-state index >= 15 is 0 Å². The van der Waals surface area contributed by atoms with Crippen molar-refractivity contribution in [1.82, 2.24) is 9.62 Å². The highest BCUT2D eigenvalue weighted by Gasteiger charge is 2.34. The van der Waals surface area contributed by atoms with Gasteiger partial charge in [0.1, 0.15) is 0 Å². The minimum Gasteiger partial charge on any atom is -0.475 e. The van der Waals surface area contributed by atoms with Crippen molar-refractivity contribution < 1.29 is 27.5 Å². The third-order valence-corrected chi connectivity index (χ3v) is 7.08. The molecule has 2 aliphatic rings. The van der Waals surface area contributed by atoms with Crippen molar-refractivity contribution in [3.63, 3.8) is 0 Å². The van der Waals surface area contributed by atoms with Gasteiger partial charge in [0.15, 0.2) is 0 Å². The van der Waals surface area contributed by atoms with Crippen molar-refractivity contribution in [2.24, 2.45) is 11.8 Å². The maximum atomic E-state index is 12.6. The number of carboxylic acid groups (broad SMARTS) is 1. The van der Waals surface area contributed by atoms with Crippen LogP contribution < -0.4 is 5.32 Å². The lowest BCUT2D eigenvalue weighted by molar-refractivity contribution is -0.126. The Labute approximate surface area is 159 Å². The van der Waals surface area contributed by atoms with Gasteiger partial charge in [-0.05, 0) is 50.7 Å². The van der Waals surface area contributed by atoms with Gasteiger partial charge in [-0.3, -0.25) is 4.79 Å². The van der Waals surface area contributed by atoms with Crippen LogP contribution in [0.3, 0.4) is 0 Å². The Morgan fingerprint density at radius 2 is 1.93 bits per heavy atom. The first-order chi connectivity index (χ1) is 12.8. The highest BCUT2D eigenvalue weighted by atomic mass is 32.2. The molecule has 1 unspecified atom stereocenters. The minimum absolute atomic E-state index is 0.0125. The Bertz CT molecular complexity index is 791. The fourth-order valence-corrected chi connectivity index (χ4v) is 4.77. The largest absolute Gasteiger partial charge is 0.475 e. The van der Waals surface area contributed by atoms with Gasteiger partial charge in [-0.15, -0.1) is 0 Å². The molecule has 3 rings (SSSR count). The predicted octanol–water partition coefficient (Wildman–Crippen LogP) is 2.07. The molecule has 1 aliphatic heterocycles. The first kappa shape index (κ1) is 19.9. The summed E-state index contributed by atoms with van der Waals surface area (Å²) >= 11 is 0. The molecular formula is C18H26N2O6S. The van der Waals surface area contributed by atoms with E-state index in [-0.39, 0.29) is 36.0 Å². The number of piperidine rings is 1. The lowest BCUT2D eigenvalue weighted by Crippen LogP contribution is -2.44. The summed E-state index contributed by atoms with van der Waals surface area (Å²) in [5.74, 6) is -1.11. The van der Waals surface area contributed by atoms with Gasteiger partial charge in [0.05, 0.1) is 0 Å². The van der Waals surface area contributed by atoms with Gasteiger partial charge in [-0.1, -0.05) is 12.8 Å². The van der Waals surface area contributed by atoms with E-state index in [4.69, 9.17) is 9.52 Å². The number of nitrogens with zero attached hydrogens (tertiary/aromatic N) is 1. The number of carbonyl (C=O) groups is 2. The number of hydrogen-bond acceptors (Lipinski definition) is 5. The lowest BCUT2D eigenvalue weighted by atomic mass is 9.96. The number of nitrogens with one attached hydrogen (secondary N) is 1. The smallest absolute Gasteiger partial charge is 0.371 e. The van der Waals surface area contributed by atoms with E-state index in [9.17, 15) is 18.0 Å². The molecule has 8 nitrogen and oxygen atoms in total. The Balaban J connectivity index is 1.51. The van der Waals surface area contributed by atoms with Crippen molar-refractivity contribution in [3.8, 4) is 0 Å². The molecule has 0 spiro atoms. The molecule has 2 fully saturated rings. The fourth-order valence-electron chi connectivity index (χ4n) is 3.38. The van der Waals surface area contributed by atoms with E-state index in [0.717, 1.165) is 30.9 Å². The first-order valence-electron chi connectivity index (χ1n) is 9.41. The third-order valence-electron chi connectivity index (χ3n) is 5.30. The molecule has 0 bridgehead atoms. The van der Waals surface area contributed by atoms with Crippen LogP contribution in [0.5, 0.6) is 0 Å². The second-order valence-corrected chi connectivity index (χ2v) is 9.40. The average molecular weight is 398 g/mol. The van der Waals surface area contributed by atoms with Gasteiger partial charge in [0.25, 0.3) is 10.0 Å². The Morgan fingerprint density at radius 1 is 1.26 bits per heavy atom. The number of aromatic carboxylic acids is 1. The highest BCUT2D eigenvalue weighted by molar-refractivity contribution is 7.89. The molecule has 1 atom stereocenters. The number of carbonyl (C=O) groups excluding carboxylic acids is 1. The second kappa shape index (κ2) is 8.02. The van der Waals surface area contributed by atoms with Crippen molar-refractivity contribution >= 4 is 21.9 Å². The van der Waals surface area contributed by atoms with Gasteiger partial charge in [-0.25, -0.2) is 13.2 Å². The van der Waals surface area contributed by atoms with Crippen LogP contribution in [0.1, 0.15) is 56.0 Å². The van der Waals surface area contributed by atoms with Crippen LogP contribution in [0.15, 0.2) is 21.6 Å². The minimum atomic E-state index is -3.89. The lowest BCUT2D eigenvalue weighted by Gasteiger charge is -2.30. The Morgan fingerprint density at radius 3 is 2.48 bits per heavy atom. The topological polar surface area (TPSA) is 117 Å². The van der Waals surface area contributed by atoms with Gasteiger partial charge in [0.2, 0.25) is 16.8 Å². The fraction of sp³-hybridized carbons (Fsp3) is 0.667. The van der Waals surface area contributed by atoms with E-state index in [1.54, 1.807) is 0 Å². The third kappa shape index (κ3) is 4.90. The Kier molecular flexibility index (Phi) is 5.90. The summed E-state index contributed by atoms with van der Waals surface area (Å²) in [5, 5.41) is 11.5. The van der Waals surface area contributed by atoms with Crippen LogP contribution in [-0.4, -0.2) is 48.8 Å². The molecule has 1 amide bonds. The molecule has 1 saturated heterocycles. The molecule has 0 radical (unpaired) electrons. The van der Waals surface area contributed by atoms with E-state index < -0.39 is 21.8 Å². The van der Waals surface area contributed by atoms with Crippen molar-refractivity contribution in [2.75, 3.05) is 13.1 Å². The predicted molar refractivity (Wildman–Crippen MR) is 96.7 cm³/mol. The molecule has 0 aromatic carbocycles. The summed E-state index contributed by atoms with van der Waals surface area (Å²) in [7, 11) is -3.89. The van der Waals surface area contributed by atoms with Crippen LogP contribution in [-0.2, 0) is 14.8 Å². The molecule has 1 aromatic heterocycles. The summed E-state index contributed by atoms with van der Waals surface area (Å²) in [6.45, 7) is 2.43. The summed E-state index contributed by atoms with van der Waals surface area (Å²) in [6, 6.07) is 2.41. The maximum absolute atomic E-state index is 12.6. The highest BCUT2D eigenvalue weighted by Crippen LogP contribution is 2.34. The number of sulfonamides is 1. The van der Waals surface area contributed by atoms with E-state index in [1.165, 1.54) is 17.1 Å². The van der Waals surface area contributed by atoms with E-state index in [0.29, 0.717) is 12.8 Å². The quantitative estimate of drug-likeness (QED) is 0.692. The molecule has 2 N–H and O–H groups in total. The number of amides is 1. The molecule has 2 heterocycles. The first-order valence-corrected chi connectivity index (χ1v) is 10.8. The zero-order chi connectivity index (χ0) is 19.6. The monoisotopic (exact) mass is 398 g/mol. The van der Waals surface area contributed by atoms with Crippen LogP contribution >= 0.6 is 0 Å². The number of furan rings is 1. The summed E-state index contributed by atoms with van der Waals surface area (Å²) in [5.41, 5.74) is 0. The average Bonchev–Trinajstić information content (AvgIpc) is 3.32. The van der Waals surface area contributed by atoms with E-state index in [1.807, 2.05) is 6.92 Å². The zero-order valence-corrected chi connectivity index (χ0v) is 16.2. The van der Waals surface area contributed by atoms with E-state index in [2.05, 4.69) is 5.32 Å². The molecule has 1 aliphatic carbocycles. The van der Waals surface area contributed by atoms with Gasteiger partial charge in [0, 0.05) is 25.0 Å². The molecule has 1 saturated carbocycles. The zero-order valence-electron chi connectivity index (χ0n) is 15.4. The van der Waals surface area contributed by atoms with Crippen LogP contribution in [0, 0.1) is 11.8 Å². The van der Waals surface area contributed by atoms with Crippen LogP contribution in [0.4, 0.5) is 0 Å². The number of rotatable bonds is 8. The molecule has 1 aromatic rings. The second-order valence-electron chi connectivity index (χ2n) is 7.53. The molecule has 27 heavy (non-hydrogen) atoms. The van der Waals surface area contributed by atoms with Crippen LogP contribution in [0.25, 0.3) is 0 Å². The van der Waals surface area contributed by atoms with Gasteiger partial charge < -0.3 is 14.8 Å². The maximum Gasteiger partial charge on any atom is 0.371 e. The number of carboxylic acids is 1. The van der Waals surface area contributed by atoms with Crippen molar-refractivity contribution in [2.45, 2.75) is 56.6 Å². The standard InChI is InChI=1S/C18H26N2O6S/c1-12(2-3-13-4-5-13)19-17(21)14-8-10-20(11-9-14)27(24,25)16-7-6-15(26-16)18(22)23/h6-7,12-14H,2-5,8-11H2,1H3,(H,19,21)(H,22,23).